The first-order valence-corrected chi connectivity index (χ1v) is 9.83. The summed E-state index contributed by atoms with van der Waals surface area (Å²) >= 11 is 0. The van der Waals surface area contributed by atoms with Crippen LogP contribution >= 0.6 is 0 Å². The van der Waals surface area contributed by atoms with Gasteiger partial charge in [0.1, 0.15) is 41.3 Å². The zero-order chi connectivity index (χ0) is 22.4. The molecule has 1 aromatic heterocycles. The number of rotatable bonds is 4. The van der Waals surface area contributed by atoms with E-state index in [9.17, 15) is 20.1 Å². The highest BCUT2D eigenvalue weighted by atomic mass is 16.7. The van der Waals surface area contributed by atoms with Gasteiger partial charge in [0.25, 0.3) is 0 Å². The second-order valence-electron chi connectivity index (χ2n) is 7.36. The van der Waals surface area contributed by atoms with Gasteiger partial charge in [-0.05, 0) is 6.07 Å². The highest BCUT2D eigenvalue weighted by Crippen LogP contribution is 2.45. The van der Waals surface area contributed by atoms with Gasteiger partial charge < -0.3 is 43.4 Å². The van der Waals surface area contributed by atoms with E-state index in [4.69, 9.17) is 28.1 Å². The third-order valence-electron chi connectivity index (χ3n) is 5.44. The van der Waals surface area contributed by atoms with Crippen molar-refractivity contribution in [3.63, 3.8) is 0 Å². The molecule has 0 saturated carbocycles. The second kappa shape index (κ2) is 7.99. The predicted molar refractivity (Wildman–Crippen MR) is 109 cm³/mol. The summed E-state index contributed by atoms with van der Waals surface area (Å²) in [6.07, 6.45) is -4.09. The maximum atomic E-state index is 13.5. The number of benzene rings is 2. The summed E-state index contributed by atoms with van der Waals surface area (Å²) in [6, 6.07) is 8.18. The van der Waals surface area contributed by atoms with Gasteiger partial charge >= 0.3 is 0 Å². The summed E-state index contributed by atoms with van der Waals surface area (Å²) in [6.45, 7) is -0.211. The monoisotopic (exact) mass is 444 g/mol. The van der Waals surface area contributed by atoms with E-state index >= 15 is 0 Å². The van der Waals surface area contributed by atoms with Crippen LogP contribution in [0.5, 0.6) is 23.0 Å². The standard InChI is InChI=1S/C22H20O10/c1-27-21-16-14(6-15-20(21)31-9-30-15)28-7-11(17(16)24)10-4-2-3-5-13(10)32-22-19(26)18(25)12(23)8-29-22/h2-7,12,18-19,22-23,25-26H,8-9H2,1H3. The Morgan fingerprint density at radius 2 is 1.88 bits per heavy atom. The Kier molecular flexibility index (Phi) is 5.14. The summed E-state index contributed by atoms with van der Waals surface area (Å²) in [5, 5.41) is 29.9. The van der Waals surface area contributed by atoms with Gasteiger partial charge in [0.15, 0.2) is 11.5 Å². The molecule has 4 unspecified atom stereocenters. The highest BCUT2D eigenvalue weighted by Gasteiger charge is 2.39. The van der Waals surface area contributed by atoms with Gasteiger partial charge in [-0.25, -0.2) is 0 Å². The lowest BCUT2D eigenvalue weighted by molar-refractivity contribution is -0.241. The van der Waals surface area contributed by atoms with Crippen LogP contribution in [0, 0.1) is 0 Å². The Hall–Kier alpha value is -3.31. The van der Waals surface area contributed by atoms with E-state index < -0.39 is 30.0 Å². The molecule has 0 amide bonds. The minimum atomic E-state index is -1.49. The minimum Gasteiger partial charge on any atom is -0.492 e. The largest absolute Gasteiger partial charge is 0.492 e. The quantitative estimate of drug-likeness (QED) is 0.535. The number of hydrogen-bond acceptors (Lipinski definition) is 10. The molecule has 10 heteroatoms. The average molecular weight is 444 g/mol. The summed E-state index contributed by atoms with van der Waals surface area (Å²) in [4.78, 5) is 13.5. The van der Waals surface area contributed by atoms with Crippen LogP contribution in [0.15, 0.2) is 45.8 Å². The summed E-state index contributed by atoms with van der Waals surface area (Å²) < 4.78 is 33.1. The van der Waals surface area contributed by atoms with Crippen molar-refractivity contribution in [2.45, 2.75) is 24.6 Å². The van der Waals surface area contributed by atoms with Crippen molar-refractivity contribution < 1.29 is 43.4 Å². The Bertz CT molecular complexity index is 1220. The van der Waals surface area contributed by atoms with Crippen LogP contribution in [0.3, 0.4) is 0 Å². The van der Waals surface area contributed by atoms with E-state index in [0.29, 0.717) is 17.1 Å². The molecule has 2 aliphatic rings. The molecule has 32 heavy (non-hydrogen) atoms. The molecular formula is C22H20O10. The number of methoxy groups -OCH3 is 1. The molecule has 4 atom stereocenters. The van der Waals surface area contributed by atoms with Crippen molar-refractivity contribution in [3.8, 4) is 34.1 Å². The smallest absolute Gasteiger partial charge is 0.231 e. The average Bonchev–Trinajstić information content (AvgIpc) is 3.27. The van der Waals surface area contributed by atoms with Gasteiger partial charge in [-0.1, -0.05) is 18.2 Å². The molecule has 0 bridgehead atoms. The first-order valence-electron chi connectivity index (χ1n) is 9.83. The van der Waals surface area contributed by atoms with E-state index in [0.717, 1.165) is 0 Å². The SMILES string of the molecule is COc1c2c(cc3occ(-c4ccccc4OC4OCC(O)C(O)C4O)c(=O)c13)OCO2. The first kappa shape index (κ1) is 20.6. The van der Waals surface area contributed by atoms with Crippen molar-refractivity contribution >= 4 is 11.0 Å². The van der Waals surface area contributed by atoms with Crippen LogP contribution in [0.25, 0.3) is 22.1 Å². The van der Waals surface area contributed by atoms with Crippen LogP contribution in [0.2, 0.25) is 0 Å². The van der Waals surface area contributed by atoms with Crippen molar-refractivity contribution in [2.75, 3.05) is 20.5 Å². The van der Waals surface area contributed by atoms with Crippen molar-refractivity contribution in [2.24, 2.45) is 0 Å². The Balaban J connectivity index is 1.59. The fourth-order valence-corrected chi connectivity index (χ4v) is 3.79. The molecule has 0 radical (unpaired) electrons. The van der Waals surface area contributed by atoms with E-state index in [1.807, 2.05) is 0 Å². The molecule has 3 heterocycles. The molecule has 10 nitrogen and oxygen atoms in total. The highest BCUT2D eigenvalue weighted by molar-refractivity contribution is 5.92. The molecule has 1 fully saturated rings. The number of ether oxygens (including phenoxy) is 5. The van der Waals surface area contributed by atoms with Crippen LogP contribution in [-0.4, -0.2) is 60.4 Å². The molecule has 0 spiro atoms. The molecule has 168 valence electrons. The molecule has 2 aliphatic heterocycles. The van der Waals surface area contributed by atoms with Gasteiger partial charge in [0.2, 0.25) is 24.3 Å². The lowest BCUT2D eigenvalue weighted by Crippen LogP contribution is -2.54. The Labute approximate surface area is 181 Å². The zero-order valence-corrected chi connectivity index (χ0v) is 16.9. The van der Waals surface area contributed by atoms with E-state index in [-0.39, 0.29) is 41.4 Å². The van der Waals surface area contributed by atoms with Gasteiger partial charge in [-0.3, -0.25) is 4.79 Å². The fourth-order valence-electron chi connectivity index (χ4n) is 3.79. The molecule has 0 aliphatic carbocycles. The lowest BCUT2D eigenvalue weighted by atomic mass is 10.0. The number of hydrogen-bond donors (Lipinski definition) is 3. The van der Waals surface area contributed by atoms with Crippen molar-refractivity contribution in [3.05, 3.63) is 46.8 Å². The number of fused-ring (bicyclic) bond motifs is 2. The molecule has 2 aromatic carbocycles. The molecule has 1 saturated heterocycles. The van der Waals surface area contributed by atoms with E-state index in [2.05, 4.69) is 0 Å². The van der Waals surface area contributed by atoms with Crippen LogP contribution in [0.4, 0.5) is 0 Å². The topological polar surface area (TPSA) is 137 Å². The van der Waals surface area contributed by atoms with Crippen LogP contribution in [-0.2, 0) is 4.74 Å². The summed E-state index contributed by atoms with van der Waals surface area (Å²) in [5.41, 5.74) is 0.426. The molecule has 5 rings (SSSR count). The predicted octanol–water partition coefficient (Wildman–Crippen LogP) is 1.02. The van der Waals surface area contributed by atoms with Crippen LogP contribution < -0.4 is 24.4 Å². The van der Waals surface area contributed by atoms with E-state index in [1.54, 1.807) is 30.3 Å². The van der Waals surface area contributed by atoms with Gasteiger partial charge in [0, 0.05) is 11.6 Å². The molecule has 3 N–H and O–H groups in total. The van der Waals surface area contributed by atoms with Gasteiger partial charge in [-0.2, -0.15) is 0 Å². The third kappa shape index (κ3) is 3.24. The summed E-state index contributed by atoms with van der Waals surface area (Å²) in [5.74, 6) is 1.15. The number of aliphatic hydroxyl groups is 3. The third-order valence-corrected chi connectivity index (χ3v) is 5.44. The van der Waals surface area contributed by atoms with Crippen LogP contribution in [0.1, 0.15) is 0 Å². The van der Waals surface area contributed by atoms with Gasteiger partial charge in [0.05, 0.1) is 19.3 Å². The molecule has 3 aromatic rings. The van der Waals surface area contributed by atoms with Gasteiger partial charge in [-0.15, -0.1) is 0 Å². The van der Waals surface area contributed by atoms with E-state index in [1.165, 1.54) is 13.4 Å². The Morgan fingerprint density at radius 3 is 2.69 bits per heavy atom. The normalized spacial score (nSPS) is 24.5. The number of para-hydroxylation sites is 1. The van der Waals surface area contributed by atoms with Crippen molar-refractivity contribution in [1.29, 1.82) is 0 Å². The second-order valence-corrected chi connectivity index (χ2v) is 7.36. The van der Waals surface area contributed by atoms with Crippen molar-refractivity contribution in [1.82, 2.24) is 0 Å². The molecular weight excluding hydrogens is 424 g/mol. The first-order chi connectivity index (χ1) is 15.5. The summed E-state index contributed by atoms with van der Waals surface area (Å²) in [7, 11) is 1.42. The maximum Gasteiger partial charge on any atom is 0.231 e. The lowest BCUT2D eigenvalue weighted by Gasteiger charge is -2.35. The number of aliphatic hydroxyl groups excluding tert-OH is 3. The minimum absolute atomic E-state index is 0.00397. The Morgan fingerprint density at radius 1 is 1.06 bits per heavy atom. The fraction of sp³-hybridized carbons (Fsp3) is 0.318. The zero-order valence-electron chi connectivity index (χ0n) is 16.9. The maximum absolute atomic E-state index is 13.5.